The molecule has 1 aromatic carbocycles. The molecule has 1 aliphatic rings. The van der Waals surface area contributed by atoms with Gasteiger partial charge in [0.15, 0.2) is 0 Å². The topological polar surface area (TPSA) is 21.3 Å². The second kappa shape index (κ2) is 5.56. The zero-order valence-electron chi connectivity index (χ0n) is 9.88. The third kappa shape index (κ3) is 2.82. The van der Waals surface area contributed by atoms with Crippen molar-refractivity contribution in [1.29, 1.82) is 0 Å². The van der Waals surface area contributed by atoms with Crippen LogP contribution in [-0.4, -0.2) is 19.8 Å². The number of hydrogen-bond acceptors (Lipinski definition) is 2. The van der Waals surface area contributed by atoms with Crippen molar-refractivity contribution in [2.75, 3.05) is 13.7 Å². The molecule has 0 spiro atoms. The summed E-state index contributed by atoms with van der Waals surface area (Å²) >= 11 is 0. The van der Waals surface area contributed by atoms with Crippen LogP contribution in [0.2, 0.25) is 0 Å². The van der Waals surface area contributed by atoms with Crippen LogP contribution in [0, 0.1) is 11.6 Å². The fourth-order valence-corrected chi connectivity index (χ4v) is 2.32. The number of likely N-dealkylation sites (N-methyl/N-ethyl adjacent to an activating group) is 1. The lowest BCUT2D eigenvalue weighted by Gasteiger charge is -2.30. The molecular formula is C13H17F2NO. The Labute approximate surface area is 100.0 Å². The van der Waals surface area contributed by atoms with Gasteiger partial charge in [-0.2, -0.15) is 0 Å². The second-order valence-corrected chi connectivity index (χ2v) is 4.34. The predicted octanol–water partition coefficient (Wildman–Crippen LogP) is 2.79. The number of nitrogens with one attached hydrogen (secondary N) is 1. The van der Waals surface area contributed by atoms with Gasteiger partial charge in [0.1, 0.15) is 11.6 Å². The number of hydrogen-bond donors (Lipinski definition) is 1. The van der Waals surface area contributed by atoms with Crippen LogP contribution in [0.4, 0.5) is 8.78 Å². The first kappa shape index (κ1) is 12.5. The van der Waals surface area contributed by atoms with E-state index < -0.39 is 11.6 Å². The predicted molar refractivity (Wildman–Crippen MR) is 61.7 cm³/mol. The monoisotopic (exact) mass is 241 g/mol. The van der Waals surface area contributed by atoms with Crippen LogP contribution in [0.5, 0.6) is 0 Å². The summed E-state index contributed by atoms with van der Waals surface area (Å²) in [5.41, 5.74) is 0.473. The Morgan fingerprint density at radius 1 is 1.35 bits per heavy atom. The zero-order valence-corrected chi connectivity index (χ0v) is 9.88. The molecule has 0 aliphatic carbocycles. The minimum atomic E-state index is -0.550. The van der Waals surface area contributed by atoms with E-state index >= 15 is 0 Å². The largest absolute Gasteiger partial charge is 0.376 e. The highest BCUT2D eigenvalue weighted by Gasteiger charge is 2.26. The van der Waals surface area contributed by atoms with Gasteiger partial charge in [-0.3, -0.25) is 0 Å². The smallest absolute Gasteiger partial charge is 0.130 e. The molecule has 0 amide bonds. The molecule has 4 heteroatoms. The van der Waals surface area contributed by atoms with Gasteiger partial charge in [0, 0.05) is 18.2 Å². The molecule has 2 nitrogen and oxygen atoms in total. The first-order chi connectivity index (χ1) is 8.22. The minimum absolute atomic E-state index is 0.0336. The summed E-state index contributed by atoms with van der Waals surface area (Å²) in [5.74, 6) is -1.07. The molecule has 1 saturated heterocycles. The molecule has 2 atom stereocenters. The molecule has 0 saturated carbocycles. The van der Waals surface area contributed by atoms with Crippen LogP contribution in [0.3, 0.4) is 0 Å². The molecule has 0 radical (unpaired) electrons. The fraction of sp³-hybridized carbons (Fsp3) is 0.538. The van der Waals surface area contributed by atoms with E-state index in [-0.39, 0.29) is 12.1 Å². The summed E-state index contributed by atoms with van der Waals surface area (Å²) < 4.78 is 32.2. The molecule has 2 rings (SSSR count). The van der Waals surface area contributed by atoms with Gasteiger partial charge in [-0.1, -0.05) is 6.07 Å². The fourth-order valence-electron chi connectivity index (χ4n) is 2.32. The summed E-state index contributed by atoms with van der Waals surface area (Å²) in [6.45, 7) is 0.714. The van der Waals surface area contributed by atoms with E-state index in [1.807, 2.05) is 0 Å². The molecular weight excluding hydrogens is 224 g/mol. The van der Waals surface area contributed by atoms with Crippen LogP contribution in [0.1, 0.15) is 30.9 Å². The number of ether oxygens (including phenoxy) is 1. The summed E-state index contributed by atoms with van der Waals surface area (Å²) in [6, 6.07) is 3.48. The van der Waals surface area contributed by atoms with Gasteiger partial charge >= 0.3 is 0 Å². The molecule has 2 unspecified atom stereocenters. The normalized spacial score (nSPS) is 22.4. The van der Waals surface area contributed by atoms with Crippen molar-refractivity contribution in [2.24, 2.45) is 0 Å². The van der Waals surface area contributed by atoms with E-state index in [9.17, 15) is 8.78 Å². The SMILES string of the molecule is CNC(c1ccc(F)cc1F)C1CCCCO1. The second-order valence-electron chi connectivity index (χ2n) is 4.34. The summed E-state index contributed by atoms with van der Waals surface area (Å²) in [7, 11) is 1.77. The lowest BCUT2D eigenvalue weighted by atomic mass is 9.95. The Kier molecular flexibility index (Phi) is 4.07. The van der Waals surface area contributed by atoms with Gasteiger partial charge < -0.3 is 10.1 Å². The number of halogens is 2. The molecule has 1 N–H and O–H groups in total. The molecule has 17 heavy (non-hydrogen) atoms. The van der Waals surface area contributed by atoms with Crippen molar-refractivity contribution >= 4 is 0 Å². The van der Waals surface area contributed by atoms with Crippen LogP contribution in [-0.2, 0) is 4.74 Å². The van der Waals surface area contributed by atoms with Crippen molar-refractivity contribution in [1.82, 2.24) is 5.32 Å². The van der Waals surface area contributed by atoms with E-state index in [1.165, 1.54) is 12.1 Å². The van der Waals surface area contributed by atoms with Crippen LogP contribution in [0.15, 0.2) is 18.2 Å². The molecule has 1 aliphatic heterocycles. The number of rotatable bonds is 3. The van der Waals surface area contributed by atoms with E-state index in [2.05, 4.69) is 5.32 Å². The summed E-state index contributed by atoms with van der Waals surface area (Å²) in [6.07, 6.45) is 3.01. The zero-order chi connectivity index (χ0) is 12.3. The Bertz CT molecular complexity index is 378. The summed E-state index contributed by atoms with van der Waals surface area (Å²) in [4.78, 5) is 0. The highest BCUT2D eigenvalue weighted by molar-refractivity contribution is 5.23. The first-order valence-corrected chi connectivity index (χ1v) is 5.96. The van der Waals surface area contributed by atoms with Crippen molar-refractivity contribution in [3.05, 3.63) is 35.4 Å². The maximum atomic E-state index is 13.7. The standard InChI is InChI=1S/C13H17F2NO/c1-16-13(12-4-2-3-7-17-12)10-6-5-9(14)8-11(10)15/h5-6,8,12-13,16H,2-4,7H2,1H3. The van der Waals surface area contributed by atoms with E-state index in [4.69, 9.17) is 4.74 Å². The van der Waals surface area contributed by atoms with Crippen molar-refractivity contribution in [3.63, 3.8) is 0 Å². The minimum Gasteiger partial charge on any atom is -0.376 e. The third-order valence-electron chi connectivity index (χ3n) is 3.20. The van der Waals surface area contributed by atoms with E-state index in [0.717, 1.165) is 25.3 Å². The molecule has 0 aromatic heterocycles. The third-order valence-corrected chi connectivity index (χ3v) is 3.20. The summed E-state index contributed by atoms with van der Waals surface area (Å²) in [5, 5.41) is 3.06. The van der Waals surface area contributed by atoms with E-state index in [1.54, 1.807) is 7.05 Å². The molecule has 0 bridgehead atoms. The van der Waals surface area contributed by atoms with Gasteiger partial charge in [0.05, 0.1) is 12.1 Å². The first-order valence-electron chi connectivity index (χ1n) is 5.96. The van der Waals surface area contributed by atoms with Gasteiger partial charge in [-0.05, 0) is 32.4 Å². The van der Waals surface area contributed by atoms with Gasteiger partial charge in [0.25, 0.3) is 0 Å². The van der Waals surface area contributed by atoms with Crippen LogP contribution >= 0.6 is 0 Å². The lowest BCUT2D eigenvalue weighted by Crippen LogP contribution is -2.34. The van der Waals surface area contributed by atoms with Gasteiger partial charge in [-0.25, -0.2) is 8.78 Å². The average Bonchev–Trinajstić information content (AvgIpc) is 2.34. The van der Waals surface area contributed by atoms with Crippen molar-refractivity contribution < 1.29 is 13.5 Å². The maximum absolute atomic E-state index is 13.7. The highest BCUT2D eigenvalue weighted by atomic mass is 19.1. The number of benzene rings is 1. The lowest BCUT2D eigenvalue weighted by molar-refractivity contribution is -0.00733. The van der Waals surface area contributed by atoms with Crippen molar-refractivity contribution in [3.8, 4) is 0 Å². The molecule has 1 aromatic rings. The maximum Gasteiger partial charge on any atom is 0.130 e. The Balaban J connectivity index is 2.21. The molecule has 94 valence electrons. The Hall–Kier alpha value is -1.00. The van der Waals surface area contributed by atoms with Crippen LogP contribution < -0.4 is 5.32 Å². The molecule has 1 heterocycles. The highest BCUT2D eigenvalue weighted by Crippen LogP contribution is 2.28. The van der Waals surface area contributed by atoms with Gasteiger partial charge in [-0.15, -0.1) is 0 Å². The Morgan fingerprint density at radius 2 is 2.18 bits per heavy atom. The molecule has 1 fully saturated rings. The Morgan fingerprint density at radius 3 is 2.76 bits per heavy atom. The van der Waals surface area contributed by atoms with Crippen molar-refractivity contribution in [2.45, 2.75) is 31.4 Å². The average molecular weight is 241 g/mol. The van der Waals surface area contributed by atoms with Crippen LogP contribution in [0.25, 0.3) is 0 Å². The quantitative estimate of drug-likeness (QED) is 0.878. The van der Waals surface area contributed by atoms with E-state index in [0.29, 0.717) is 12.2 Å². The van der Waals surface area contributed by atoms with Gasteiger partial charge in [0.2, 0.25) is 0 Å².